The zero-order valence-corrected chi connectivity index (χ0v) is 12.3. The minimum absolute atomic E-state index is 0.1000. The second-order valence-corrected chi connectivity index (χ2v) is 5.82. The number of Topliss-reactive ketones (excluding diaryl/α,β-unsaturated/α-hetero) is 1. The number of aliphatic carboxylic acids is 1. The molecule has 0 radical (unpaired) electrons. The number of nitrogens with one attached hydrogen (secondary N) is 1. The first-order valence-corrected chi connectivity index (χ1v) is 6.98. The van der Waals surface area contributed by atoms with E-state index in [-0.39, 0.29) is 12.3 Å². The number of nitrogens with zero attached hydrogens (tertiary/aromatic N) is 3. The quantitative estimate of drug-likeness (QED) is 0.779. The van der Waals surface area contributed by atoms with Gasteiger partial charge in [-0.25, -0.2) is 4.98 Å². The van der Waals surface area contributed by atoms with Crippen molar-refractivity contribution in [2.24, 2.45) is 10.4 Å². The van der Waals surface area contributed by atoms with Crippen LogP contribution in [0.15, 0.2) is 11.3 Å². The summed E-state index contributed by atoms with van der Waals surface area (Å²) in [4.78, 5) is 30.8. The molecule has 0 unspecified atom stereocenters. The highest BCUT2D eigenvalue weighted by molar-refractivity contribution is 6.03. The number of carbonyl (C=O) groups is 2. The molecule has 0 saturated heterocycles. The molecule has 0 fully saturated rings. The molecule has 0 aliphatic carbocycles. The first-order chi connectivity index (χ1) is 9.92. The van der Waals surface area contributed by atoms with Crippen molar-refractivity contribution in [3.05, 3.63) is 12.0 Å². The third-order valence-electron chi connectivity index (χ3n) is 3.66. The van der Waals surface area contributed by atoms with Gasteiger partial charge in [-0.1, -0.05) is 6.42 Å². The molecular formula is C14H20N4O3. The summed E-state index contributed by atoms with van der Waals surface area (Å²) in [6, 6.07) is 0. The van der Waals surface area contributed by atoms with E-state index in [2.05, 4.69) is 15.3 Å². The number of unbranched alkanes of at least 4 members (excludes halogenated alkanes) is 1. The predicted octanol–water partition coefficient (Wildman–Crippen LogP) is 1.80. The van der Waals surface area contributed by atoms with Crippen LogP contribution in [0.25, 0.3) is 0 Å². The van der Waals surface area contributed by atoms with E-state index < -0.39 is 11.4 Å². The number of hydrogen-bond donors (Lipinski definition) is 2. The van der Waals surface area contributed by atoms with Crippen LogP contribution < -0.4 is 5.32 Å². The standard InChI is InChI=1S/C14H20N4O3/c1-14(2,13(20)21)5-3-4-6-18-9-17-11-10(19)7-15-8-16-12(11)18/h8-9H,3-7H2,1-2H3,(H,15,16)(H,20,21). The number of carboxylic acids is 1. The number of aliphatic imine (C=N–C) groups is 1. The summed E-state index contributed by atoms with van der Waals surface area (Å²) in [5.41, 5.74) is -0.287. The van der Waals surface area contributed by atoms with Crippen molar-refractivity contribution in [3.8, 4) is 0 Å². The summed E-state index contributed by atoms with van der Waals surface area (Å²) in [6.07, 6.45) is 5.39. The Kier molecular flexibility index (Phi) is 4.40. The van der Waals surface area contributed by atoms with Gasteiger partial charge in [-0.3, -0.25) is 14.6 Å². The van der Waals surface area contributed by atoms with Crippen LogP contribution in [-0.2, 0) is 11.3 Å². The third-order valence-corrected chi connectivity index (χ3v) is 3.66. The maximum atomic E-state index is 11.8. The lowest BCUT2D eigenvalue weighted by atomic mass is 9.87. The number of ketones is 1. The Morgan fingerprint density at radius 2 is 2.24 bits per heavy atom. The summed E-state index contributed by atoms with van der Waals surface area (Å²) in [5.74, 6) is -0.210. The van der Waals surface area contributed by atoms with Crippen LogP contribution in [0.4, 0.5) is 5.82 Å². The van der Waals surface area contributed by atoms with Crippen molar-refractivity contribution >= 4 is 23.9 Å². The van der Waals surface area contributed by atoms with E-state index in [1.165, 1.54) is 6.34 Å². The van der Waals surface area contributed by atoms with Crippen molar-refractivity contribution in [3.63, 3.8) is 0 Å². The Balaban J connectivity index is 1.92. The maximum absolute atomic E-state index is 11.8. The molecular weight excluding hydrogens is 272 g/mol. The number of carbonyl (C=O) groups excluding carboxylic acids is 1. The molecule has 1 aromatic rings. The normalized spacial score (nSPS) is 14.5. The maximum Gasteiger partial charge on any atom is 0.309 e. The number of aryl methyl sites for hydroxylation is 1. The van der Waals surface area contributed by atoms with E-state index in [9.17, 15) is 9.59 Å². The lowest BCUT2D eigenvalue weighted by molar-refractivity contribution is -0.147. The van der Waals surface area contributed by atoms with Crippen LogP contribution in [-0.4, -0.2) is 39.3 Å². The van der Waals surface area contributed by atoms with Crippen molar-refractivity contribution in [1.29, 1.82) is 0 Å². The Bertz CT molecular complexity index is 575. The molecule has 21 heavy (non-hydrogen) atoms. The van der Waals surface area contributed by atoms with Crippen molar-refractivity contribution in [2.45, 2.75) is 39.7 Å². The fourth-order valence-electron chi connectivity index (χ4n) is 2.17. The van der Waals surface area contributed by atoms with Gasteiger partial charge in [0.15, 0.2) is 5.69 Å². The number of rotatable bonds is 6. The summed E-state index contributed by atoms with van der Waals surface area (Å²) in [7, 11) is 0. The summed E-state index contributed by atoms with van der Waals surface area (Å²) >= 11 is 0. The number of anilines is 1. The largest absolute Gasteiger partial charge is 0.481 e. The lowest BCUT2D eigenvalue weighted by Crippen LogP contribution is -2.23. The average molecular weight is 292 g/mol. The van der Waals surface area contributed by atoms with Gasteiger partial charge in [-0.2, -0.15) is 0 Å². The van der Waals surface area contributed by atoms with Gasteiger partial charge in [0.05, 0.1) is 18.1 Å². The number of carboxylic acid groups (broad SMARTS) is 1. The summed E-state index contributed by atoms with van der Waals surface area (Å²) in [6.45, 7) is 4.26. The fourth-order valence-corrected chi connectivity index (χ4v) is 2.17. The summed E-state index contributed by atoms with van der Waals surface area (Å²) in [5, 5.41) is 12.0. The Morgan fingerprint density at radius 3 is 2.95 bits per heavy atom. The first-order valence-electron chi connectivity index (χ1n) is 6.98. The van der Waals surface area contributed by atoms with E-state index >= 15 is 0 Å². The minimum Gasteiger partial charge on any atom is -0.481 e. The molecule has 1 aliphatic rings. The number of imidazole rings is 1. The molecule has 0 spiro atoms. The zero-order valence-electron chi connectivity index (χ0n) is 12.3. The lowest BCUT2D eigenvalue weighted by Gasteiger charge is -2.18. The van der Waals surface area contributed by atoms with Crippen LogP contribution >= 0.6 is 0 Å². The topological polar surface area (TPSA) is 96.6 Å². The molecule has 0 amide bonds. The molecule has 0 saturated carbocycles. The Labute approximate surface area is 123 Å². The van der Waals surface area contributed by atoms with Crippen molar-refractivity contribution < 1.29 is 14.7 Å². The second-order valence-electron chi connectivity index (χ2n) is 5.82. The van der Waals surface area contributed by atoms with E-state index in [4.69, 9.17) is 5.11 Å². The van der Waals surface area contributed by atoms with Crippen LogP contribution in [0, 0.1) is 5.41 Å². The first kappa shape index (κ1) is 15.2. The SMILES string of the molecule is CC(C)(CCCCn1cnc2c1NC=NCC2=O)C(=O)O. The molecule has 1 aromatic heterocycles. The van der Waals surface area contributed by atoms with E-state index in [1.807, 2.05) is 4.57 Å². The van der Waals surface area contributed by atoms with Crippen molar-refractivity contribution in [1.82, 2.24) is 9.55 Å². The fraction of sp³-hybridized carbons (Fsp3) is 0.571. The van der Waals surface area contributed by atoms with Crippen LogP contribution in [0.3, 0.4) is 0 Å². The molecule has 7 nitrogen and oxygen atoms in total. The van der Waals surface area contributed by atoms with Crippen molar-refractivity contribution in [2.75, 3.05) is 11.9 Å². The average Bonchev–Trinajstić information content (AvgIpc) is 2.73. The van der Waals surface area contributed by atoms with Gasteiger partial charge < -0.3 is 15.0 Å². The number of hydrogen-bond acceptors (Lipinski definition) is 5. The van der Waals surface area contributed by atoms with Gasteiger partial charge >= 0.3 is 5.97 Å². The Hall–Kier alpha value is -2.18. The molecule has 114 valence electrons. The van der Waals surface area contributed by atoms with E-state index in [1.54, 1.807) is 20.2 Å². The van der Waals surface area contributed by atoms with Crippen LogP contribution in [0.2, 0.25) is 0 Å². The highest BCUT2D eigenvalue weighted by Gasteiger charge is 2.26. The minimum atomic E-state index is -0.775. The van der Waals surface area contributed by atoms with Crippen LogP contribution in [0.5, 0.6) is 0 Å². The Morgan fingerprint density at radius 1 is 1.48 bits per heavy atom. The zero-order chi connectivity index (χ0) is 15.5. The highest BCUT2D eigenvalue weighted by atomic mass is 16.4. The number of aromatic nitrogens is 2. The third kappa shape index (κ3) is 3.48. The number of fused-ring (bicyclic) bond motifs is 1. The van der Waals surface area contributed by atoms with Gasteiger partial charge in [0.25, 0.3) is 0 Å². The molecule has 0 atom stereocenters. The van der Waals surface area contributed by atoms with E-state index in [0.717, 1.165) is 12.8 Å². The van der Waals surface area contributed by atoms with Crippen LogP contribution in [0.1, 0.15) is 43.6 Å². The highest BCUT2D eigenvalue weighted by Crippen LogP contribution is 2.24. The molecule has 7 heteroatoms. The van der Waals surface area contributed by atoms with Gasteiger partial charge in [0.2, 0.25) is 5.78 Å². The molecule has 0 bridgehead atoms. The van der Waals surface area contributed by atoms with Gasteiger partial charge in [0.1, 0.15) is 12.4 Å². The smallest absolute Gasteiger partial charge is 0.309 e. The van der Waals surface area contributed by atoms with Gasteiger partial charge in [-0.15, -0.1) is 0 Å². The molecule has 2 rings (SSSR count). The molecule has 0 aromatic carbocycles. The second kappa shape index (κ2) is 6.07. The summed E-state index contributed by atoms with van der Waals surface area (Å²) < 4.78 is 1.87. The van der Waals surface area contributed by atoms with E-state index in [0.29, 0.717) is 24.5 Å². The molecule has 1 aliphatic heterocycles. The van der Waals surface area contributed by atoms with Gasteiger partial charge in [0, 0.05) is 6.54 Å². The monoisotopic (exact) mass is 292 g/mol. The molecule has 2 heterocycles. The van der Waals surface area contributed by atoms with Gasteiger partial charge in [-0.05, 0) is 26.7 Å². The predicted molar refractivity (Wildman–Crippen MR) is 78.8 cm³/mol. The molecule has 2 N–H and O–H groups in total.